The van der Waals surface area contributed by atoms with E-state index in [1.807, 2.05) is 21.9 Å². The summed E-state index contributed by atoms with van der Waals surface area (Å²) < 4.78 is 0. The van der Waals surface area contributed by atoms with Crippen LogP contribution in [0.3, 0.4) is 0 Å². The fourth-order valence-corrected chi connectivity index (χ4v) is 3.11. The van der Waals surface area contributed by atoms with Gasteiger partial charge in [-0.05, 0) is 37.8 Å². The van der Waals surface area contributed by atoms with Crippen LogP contribution in [0.4, 0.5) is 10.6 Å². The first-order valence-corrected chi connectivity index (χ1v) is 8.00. The average Bonchev–Trinajstić information content (AvgIpc) is 3.10. The van der Waals surface area contributed by atoms with E-state index < -0.39 is 0 Å². The van der Waals surface area contributed by atoms with Gasteiger partial charge in [-0.25, -0.2) is 9.78 Å². The molecule has 0 atom stereocenters. The van der Waals surface area contributed by atoms with E-state index in [1.54, 1.807) is 12.3 Å². The van der Waals surface area contributed by atoms with Crippen molar-refractivity contribution in [1.29, 1.82) is 0 Å². The number of anilines is 1. The van der Waals surface area contributed by atoms with E-state index >= 15 is 0 Å². The van der Waals surface area contributed by atoms with Crippen LogP contribution in [0.2, 0.25) is 0 Å². The maximum absolute atomic E-state index is 12.3. The third-order valence-electron chi connectivity index (χ3n) is 4.43. The van der Waals surface area contributed by atoms with E-state index in [9.17, 15) is 9.59 Å². The number of likely N-dealkylation sites (tertiary alicyclic amines) is 2. The molecule has 0 spiro atoms. The second-order valence-electron chi connectivity index (χ2n) is 5.94. The van der Waals surface area contributed by atoms with Crippen LogP contribution in [0.25, 0.3) is 0 Å². The zero-order valence-electron chi connectivity index (χ0n) is 12.7. The first kappa shape index (κ1) is 14.8. The number of nitrogens with zero attached hydrogens (tertiary/aromatic N) is 3. The van der Waals surface area contributed by atoms with Crippen molar-refractivity contribution in [2.24, 2.45) is 5.92 Å². The Hall–Kier alpha value is -2.11. The second kappa shape index (κ2) is 6.77. The van der Waals surface area contributed by atoms with Crippen molar-refractivity contribution in [3.63, 3.8) is 0 Å². The number of piperidine rings is 1. The maximum atomic E-state index is 12.3. The van der Waals surface area contributed by atoms with Gasteiger partial charge in [0.05, 0.1) is 0 Å². The van der Waals surface area contributed by atoms with Gasteiger partial charge in [-0.15, -0.1) is 0 Å². The molecule has 1 aromatic rings. The van der Waals surface area contributed by atoms with Crippen LogP contribution in [0, 0.1) is 5.92 Å². The molecular formula is C16H22N4O2. The Balaban J connectivity index is 1.48. The van der Waals surface area contributed by atoms with Gasteiger partial charge in [0.15, 0.2) is 0 Å². The van der Waals surface area contributed by atoms with Crippen molar-refractivity contribution in [1.82, 2.24) is 14.8 Å². The molecule has 0 unspecified atom stereocenters. The predicted molar refractivity (Wildman–Crippen MR) is 83.4 cm³/mol. The molecule has 3 heterocycles. The number of aromatic nitrogens is 1. The SMILES string of the molecule is O=C(Nc1ccccn1)C1CCN(C(=O)N2CCCC2)CC1. The number of hydrogen-bond donors (Lipinski definition) is 1. The number of nitrogens with one attached hydrogen (secondary N) is 1. The van der Waals surface area contributed by atoms with Crippen LogP contribution in [0.15, 0.2) is 24.4 Å². The lowest BCUT2D eigenvalue weighted by atomic mass is 9.96. The highest BCUT2D eigenvalue weighted by molar-refractivity contribution is 5.91. The summed E-state index contributed by atoms with van der Waals surface area (Å²) in [5, 5.41) is 2.85. The number of carbonyl (C=O) groups is 2. The number of rotatable bonds is 2. The highest BCUT2D eigenvalue weighted by Gasteiger charge is 2.30. The van der Waals surface area contributed by atoms with Crippen LogP contribution in [-0.4, -0.2) is 52.9 Å². The summed E-state index contributed by atoms with van der Waals surface area (Å²) in [6.07, 6.45) is 5.31. The molecular weight excluding hydrogens is 280 g/mol. The van der Waals surface area contributed by atoms with E-state index in [0.717, 1.165) is 38.8 Å². The first-order valence-electron chi connectivity index (χ1n) is 8.00. The van der Waals surface area contributed by atoms with Gasteiger partial charge >= 0.3 is 6.03 Å². The number of amides is 3. The van der Waals surface area contributed by atoms with E-state index in [2.05, 4.69) is 10.3 Å². The van der Waals surface area contributed by atoms with Crippen LogP contribution in [0.5, 0.6) is 0 Å². The molecule has 118 valence electrons. The van der Waals surface area contributed by atoms with Gasteiger partial charge in [0.25, 0.3) is 0 Å². The largest absolute Gasteiger partial charge is 0.325 e. The normalized spacial score (nSPS) is 19.3. The summed E-state index contributed by atoms with van der Waals surface area (Å²) in [5.41, 5.74) is 0. The fraction of sp³-hybridized carbons (Fsp3) is 0.562. The zero-order chi connectivity index (χ0) is 15.4. The highest BCUT2D eigenvalue weighted by atomic mass is 16.2. The molecule has 6 nitrogen and oxygen atoms in total. The number of carbonyl (C=O) groups excluding carboxylic acids is 2. The lowest BCUT2D eigenvalue weighted by Gasteiger charge is -2.33. The van der Waals surface area contributed by atoms with Gasteiger partial charge in [-0.1, -0.05) is 6.07 Å². The third-order valence-corrected chi connectivity index (χ3v) is 4.43. The Bertz CT molecular complexity index is 520. The first-order chi connectivity index (χ1) is 10.7. The summed E-state index contributed by atoms with van der Waals surface area (Å²) in [6, 6.07) is 5.59. The van der Waals surface area contributed by atoms with Gasteiger partial charge < -0.3 is 15.1 Å². The summed E-state index contributed by atoms with van der Waals surface area (Å²) in [6.45, 7) is 3.07. The molecule has 3 rings (SSSR count). The third kappa shape index (κ3) is 3.37. The summed E-state index contributed by atoms with van der Waals surface area (Å²) >= 11 is 0. The molecule has 1 aromatic heterocycles. The van der Waals surface area contributed by atoms with Crippen molar-refractivity contribution < 1.29 is 9.59 Å². The van der Waals surface area contributed by atoms with Gasteiger partial charge in [0.2, 0.25) is 5.91 Å². The molecule has 0 bridgehead atoms. The van der Waals surface area contributed by atoms with Gasteiger partial charge in [0.1, 0.15) is 5.82 Å². The minimum Gasteiger partial charge on any atom is -0.325 e. The smallest absolute Gasteiger partial charge is 0.319 e. The minimum absolute atomic E-state index is 0.00646. The summed E-state index contributed by atoms with van der Waals surface area (Å²) in [5.74, 6) is 0.555. The molecule has 3 amide bonds. The van der Waals surface area contributed by atoms with Crippen LogP contribution in [-0.2, 0) is 4.79 Å². The molecule has 2 saturated heterocycles. The quantitative estimate of drug-likeness (QED) is 0.908. The molecule has 6 heteroatoms. The van der Waals surface area contributed by atoms with Crippen molar-refractivity contribution in [3.8, 4) is 0 Å². The molecule has 0 aliphatic carbocycles. The summed E-state index contributed by atoms with van der Waals surface area (Å²) in [4.78, 5) is 32.5. The molecule has 0 radical (unpaired) electrons. The lowest BCUT2D eigenvalue weighted by Crippen LogP contribution is -2.47. The predicted octanol–water partition coefficient (Wildman–Crippen LogP) is 1.95. The second-order valence-corrected chi connectivity index (χ2v) is 5.94. The van der Waals surface area contributed by atoms with Crippen molar-refractivity contribution in [2.45, 2.75) is 25.7 Å². The number of pyridine rings is 1. The van der Waals surface area contributed by atoms with Crippen LogP contribution < -0.4 is 5.32 Å². The molecule has 22 heavy (non-hydrogen) atoms. The van der Waals surface area contributed by atoms with E-state index in [4.69, 9.17) is 0 Å². The van der Waals surface area contributed by atoms with Crippen molar-refractivity contribution >= 4 is 17.8 Å². The Labute approximate surface area is 130 Å². The van der Waals surface area contributed by atoms with E-state index in [0.29, 0.717) is 18.9 Å². The summed E-state index contributed by atoms with van der Waals surface area (Å²) in [7, 11) is 0. The van der Waals surface area contributed by atoms with Crippen molar-refractivity contribution in [3.05, 3.63) is 24.4 Å². The Morgan fingerprint density at radius 2 is 1.73 bits per heavy atom. The van der Waals surface area contributed by atoms with E-state index in [1.165, 1.54) is 0 Å². The van der Waals surface area contributed by atoms with Crippen molar-refractivity contribution in [2.75, 3.05) is 31.5 Å². The molecule has 0 aromatic carbocycles. The molecule has 2 aliphatic rings. The minimum atomic E-state index is -0.0374. The number of urea groups is 1. The Kier molecular flexibility index (Phi) is 4.56. The molecule has 2 fully saturated rings. The topological polar surface area (TPSA) is 65.5 Å². The van der Waals surface area contributed by atoms with Gasteiger partial charge in [-0.2, -0.15) is 0 Å². The standard InChI is InChI=1S/C16H22N4O2/c21-15(18-14-5-1-2-8-17-14)13-6-11-20(12-7-13)16(22)19-9-3-4-10-19/h1-2,5,8,13H,3-4,6-7,9-12H2,(H,17,18,21). The van der Waals surface area contributed by atoms with Crippen LogP contribution in [0.1, 0.15) is 25.7 Å². The lowest BCUT2D eigenvalue weighted by molar-refractivity contribution is -0.121. The Morgan fingerprint density at radius 3 is 2.36 bits per heavy atom. The van der Waals surface area contributed by atoms with Crippen LogP contribution >= 0.6 is 0 Å². The van der Waals surface area contributed by atoms with E-state index in [-0.39, 0.29) is 17.9 Å². The maximum Gasteiger partial charge on any atom is 0.319 e. The van der Waals surface area contributed by atoms with Gasteiger partial charge in [0, 0.05) is 38.3 Å². The highest BCUT2D eigenvalue weighted by Crippen LogP contribution is 2.21. The molecule has 1 N–H and O–H groups in total. The monoisotopic (exact) mass is 302 g/mol. The zero-order valence-corrected chi connectivity index (χ0v) is 12.7. The van der Waals surface area contributed by atoms with Gasteiger partial charge in [-0.3, -0.25) is 4.79 Å². The number of hydrogen-bond acceptors (Lipinski definition) is 3. The molecule has 0 saturated carbocycles. The molecule has 2 aliphatic heterocycles. The fourth-order valence-electron chi connectivity index (χ4n) is 3.11. The average molecular weight is 302 g/mol. The Morgan fingerprint density at radius 1 is 1.05 bits per heavy atom.